The van der Waals surface area contributed by atoms with Crippen molar-refractivity contribution in [3.63, 3.8) is 0 Å². The highest BCUT2D eigenvalue weighted by molar-refractivity contribution is 6.65. The lowest BCUT2D eigenvalue weighted by Gasteiger charge is -2.24. The third kappa shape index (κ3) is 5.78. The van der Waals surface area contributed by atoms with Crippen molar-refractivity contribution in [2.45, 2.75) is 58.5 Å². The van der Waals surface area contributed by atoms with Gasteiger partial charge in [-0.3, -0.25) is 9.59 Å². The van der Waals surface area contributed by atoms with E-state index in [9.17, 15) is 9.59 Å². The molecule has 0 aromatic rings. The van der Waals surface area contributed by atoms with Crippen LogP contribution in [0.3, 0.4) is 0 Å². The smallest absolute Gasteiger partial charge is 0.303 e. The fourth-order valence-electron chi connectivity index (χ4n) is 1.40. The van der Waals surface area contributed by atoms with E-state index >= 15 is 0 Å². The van der Waals surface area contributed by atoms with Gasteiger partial charge in [-0.15, -0.1) is 0 Å². The van der Waals surface area contributed by atoms with Gasteiger partial charge in [0.05, 0.1) is 0 Å². The molecular weight excluding hydrogens is 216 g/mol. The summed E-state index contributed by atoms with van der Waals surface area (Å²) in [5.74, 6) is -0.470. The van der Waals surface area contributed by atoms with E-state index in [0.717, 1.165) is 25.7 Å². The van der Waals surface area contributed by atoms with Crippen molar-refractivity contribution in [1.82, 2.24) is 0 Å². The molecule has 0 saturated heterocycles. The van der Waals surface area contributed by atoms with E-state index in [4.69, 9.17) is 16.3 Å². The molecule has 15 heavy (non-hydrogen) atoms. The standard InChI is InChI=1S/C11H19ClO3/c1-4-5-6-7-8-11(3,10(12)14)15-9(2)13/h4-8H2,1-3H3. The first kappa shape index (κ1) is 14.4. The number of hydrogen-bond donors (Lipinski definition) is 0. The molecule has 1 atom stereocenters. The molecule has 0 heterocycles. The maximum atomic E-state index is 11.2. The second-order valence-corrected chi connectivity index (χ2v) is 4.25. The van der Waals surface area contributed by atoms with Gasteiger partial charge in [0.1, 0.15) is 0 Å². The first-order chi connectivity index (χ1) is 6.92. The summed E-state index contributed by atoms with van der Waals surface area (Å²) < 4.78 is 4.96. The van der Waals surface area contributed by atoms with Crippen LogP contribution in [-0.4, -0.2) is 16.8 Å². The zero-order valence-electron chi connectivity index (χ0n) is 9.64. The Balaban J connectivity index is 4.14. The predicted octanol–water partition coefficient (Wildman–Crippen LogP) is 3.04. The third-order valence-electron chi connectivity index (χ3n) is 2.29. The molecule has 0 aliphatic heterocycles. The van der Waals surface area contributed by atoms with Gasteiger partial charge in [0.25, 0.3) is 5.24 Å². The second-order valence-electron chi connectivity index (χ2n) is 3.91. The number of halogens is 1. The molecule has 1 unspecified atom stereocenters. The molecule has 0 aromatic carbocycles. The zero-order chi connectivity index (χ0) is 11.9. The summed E-state index contributed by atoms with van der Waals surface area (Å²) in [4.78, 5) is 22.0. The number of hydrogen-bond acceptors (Lipinski definition) is 3. The quantitative estimate of drug-likeness (QED) is 0.386. The van der Waals surface area contributed by atoms with Crippen LogP contribution in [0, 0.1) is 0 Å². The first-order valence-corrected chi connectivity index (χ1v) is 5.69. The molecule has 0 N–H and O–H groups in total. The van der Waals surface area contributed by atoms with E-state index in [1.165, 1.54) is 6.92 Å². The van der Waals surface area contributed by atoms with Gasteiger partial charge in [-0.2, -0.15) is 0 Å². The molecule has 0 spiro atoms. The summed E-state index contributed by atoms with van der Waals surface area (Å²) >= 11 is 5.43. The van der Waals surface area contributed by atoms with E-state index in [0.29, 0.717) is 6.42 Å². The van der Waals surface area contributed by atoms with Crippen LogP contribution in [0.4, 0.5) is 0 Å². The molecule has 0 bridgehead atoms. The minimum absolute atomic E-state index is 0.470. The maximum Gasteiger partial charge on any atom is 0.303 e. The Kier molecular flexibility index (Phi) is 6.57. The molecular formula is C11H19ClO3. The molecule has 0 saturated carbocycles. The number of rotatable bonds is 7. The number of esters is 1. The zero-order valence-corrected chi connectivity index (χ0v) is 10.4. The Morgan fingerprint density at radius 1 is 1.27 bits per heavy atom. The fourth-order valence-corrected chi connectivity index (χ4v) is 1.53. The highest BCUT2D eigenvalue weighted by atomic mass is 35.5. The number of unbranched alkanes of at least 4 members (excludes halogenated alkanes) is 3. The van der Waals surface area contributed by atoms with Crippen molar-refractivity contribution in [1.29, 1.82) is 0 Å². The SMILES string of the molecule is CCCCCCC(C)(OC(C)=O)C(=O)Cl. The molecule has 0 fully saturated rings. The Morgan fingerprint density at radius 2 is 1.87 bits per heavy atom. The Hall–Kier alpha value is -0.570. The van der Waals surface area contributed by atoms with Crippen LogP contribution in [0.2, 0.25) is 0 Å². The third-order valence-corrected chi connectivity index (χ3v) is 2.69. The van der Waals surface area contributed by atoms with Gasteiger partial charge in [-0.1, -0.05) is 26.2 Å². The van der Waals surface area contributed by atoms with Crippen LogP contribution in [0.5, 0.6) is 0 Å². The molecule has 3 nitrogen and oxygen atoms in total. The van der Waals surface area contributed by atoms with Crippen LogP contribution in [0.1, 0.15) is 52.9 Å². The Morgan fingerprint density at radius 3 is 2.27 bits per heavy atom. The van der Waals surface area contributed by atoms with E-state index in [1.54, 1.807) is 6.92 Å². The maximum absolute atomic E-state index is 11.2. The van der Waals surface area contributed by atoms with Crippen LogP contribution in [0.15, 0.2) is 0 Å². The molecule has 88 valence electrons. The topological polar surface area (TPSA) is 43.4 Å². The lowest BCUT2D eigenvalue weighted by molar-refractivity contribution is -0.161. The largest absolute Gasteiger partial charge is 0.450 e. The van der Waals surface area contributed by atoms with Crippen molar-refractivity contribution in [2.75, 3.05) is 0 Å². The number of ether oxygens (including phenoxy) is 1. The van der Waals surface area contributed by atoms with Crippen molar-refractivity contribution < 1.29 is 14.3 Å². The van der Waals surface area contributed by atoms with Crippen molar-refractivity contribution in [2.24, 2.45) is 0 Å². The minimum Gasteiger partial charge on any atom is -0.450 e. The van der Waals surface area contributed by atoms with Crippen molar-refractivity contribution in [3.8, 4) is 0 Å². The van der Waals surface area contributed by atoms with Crippen LogP contribution in [0.25, 0.3) is 0 Å². The highest BCUT2D eigenvalue weighted by Gasteiger charge is 2.34. The summed E-state index contributed by atoms with van der Waals surface area (Å²) in [6, 6.07) is 0. The van der Waals surface area contributed by atoms with Gasteiger partial charge in [-0.05, 0) is 31.4 Å². The van der Waals surface area contributed by atoms with E-state index in [-0.39, 0.29) is 0 Å². The first-order valence-electron chi connectivity index (χ1n) is 5.32. The summed E-state index contributed by atoms with van der Waals surface area (Å²) in [6.45, 7) is 4.96. The van der Waals surface area contributed by atoms with Gasteiger partial charge in [0, 0.05) is 6.92 Å². The monoisotopic (exact) mass is 234 g/mol. The normalized spacial score (nSPS) is 14.4. The lowest BCUT2D eigenvalue weighted by atomic mass is 9.99. The van der Waals surface area contributed by atoms with Gasteiger partial charge in [0.15, 0.2) is 5.60 Å². The van der Waals surface area contributed by atoms with Crippen molar-refractivity contribution >= 4 is 22.8 Å². The Labute approximate surface area is 96.1 Å². The molecule has 0 aromatic heterocycles. The van der Waals surface area contributed by atoms with Crippen LogP contribution < -0.4 is 0 Å². The molecule has 0 radical (unpaired) electrons. The number of carbonyl (C=O) groups is 2. The molecule has 4 heteroatoms. The van der Waals surface area contributed by atoms with E-state index in [2.05, 4.69) is 6.92 Å². The van der Waals surface area contributed by atoms with Gasteiger partial charge in [0.2, 0.25) is 0 Å². The summed E-state index contributed by atoms with van der Waals surface area (Å²) in [6.07, 6.45) is 4.61. The molecule has 0 aliphatic rings. The van der Waals surface area contributed by atoms with Crippen LogP contribution >= 0.6 is 11.6 Å². The van der Waals surface area contributed by atoms with Crippen LogP contribution in [-0.2, 0) is 14.3 Å². The second kappa shape index (κ2) is 6.83. The summed E-state index contributed by atoms with van der Waals surface area (Å²) in [5.41, 5.74) is -1.15. The van der Waals surface area contributed by atoms with E-state index in [1.807, 2.05) is 0 Å². The lowest BCUT2D eigenvalue weighted by Crippen LogP contribution is -2.37. The van der Waals surface area contributed by atoms with Gasteiger partial charge < -0.3 is 4.74 Å². The van der Waals surface area contributed by atoms with E-state index < -0.39 is 16.8 Å². The molecule has 0 amide bonds. The minimum atomic E-state index is -1.15. The molecule has 0 aliphatic carbocycles. The summed E-state index contributed by atoms with van der Waals surface area (Å²) in [5, 5.41) is -0.603. The average molecular weight is 235 g/mol. The van der Waals surface area contributed by atoms with Crippen molar-refractivity contribution in [3.05, 3.63) is 0 Å². The Bertz CT molecular complexity index is 228. The number of carbonyl (C=O) groups excluding carboxylic acids is 2. The van der Waals surface area contributed by atoms with Gasteiger partial charge in [-0.25, -0.2) is 0 Å². The predicted molar refractivity (Wildman–Crippen MR) is 59.8 cm³/mol. The van der Waals surface area contributed by atoms with Gasteiger partial charge >= 0.3 is 5.97 Å². The average Bonchev–Trinajstić information content (AvgIpc) is 2.11. The summed E-state index contributed by atoms with van der Waals surface area (Å²) in [7, 11) is 0. The highest BCUT2D eigenvalue weighted by Crippen LogP contribution is 2.23. The fraction of sp³-hybridized carbons (Fsp3) is 0.818. The molecule has 0 rings (SSSR count).